The number of benzene rings is 5. The van der Waals surface area contributed by atoms with Crippen molar-refractivity contribution in [3.05, 3.63) is 180 Å². The number of aromatic nitrogens is 3. The molecule has 3 atom stereocenters. The summed E-state index contributed by atoms with van der Waals surface area (Å²) in [7, 11) is 0. The molecule has 0 bridgehead atoms. The van der Waals surface area contributed by atoms with Gasteiger partial charge in [-0.15, -0.1) is 11.3 Å². The highest BCUT2D eigenvalue weighted by molar-refractivity contribution is 7.25. The Balaban J connectivity index is 1.13. The minimum Gasteiger partial charge on any atom is -0.485 e. The predicted octanol–water partition coefficient (Wildman–Crippen LogP) is 10.9. The predicted molar refractivity (Wildman–Crippen MR) is 205 cm³/mol. The minimum atomic E-state index is -0.117. The highest BCUT2D eigenvalue weighted by Gasteiger charge is 2.39. The Bertz CT molecular complexity index is 2790. The number of furan rings is 1. The normalized spacial score (nSPS) is 19.0. The van der Waals surface area contributed by atoms with E-state index in [1.165, 1.54) is 25.7 Å². The van der Waals surface area contributed by atoms with Crippen LogP contribution in [-0.4, -0.2) is 21.1 Å². The molecule has 0 spiro atoms. The number of allylic oxidation sites excluding steroid dienone is 3. The van der Waals surface area contributed by atoms with E-state index in [9.17, 15) is 0 Å². The van der Waals surface area contributed by atoms with Gasteiger partial charge >= 0.3 is 0 Å². The van der Waals surface area contributed by atoms with Crippen LogP contribution in [0.15, 0.2) is 150 Å². The molecule has 51 heavy (non-hydrogen) atoms. The molecule has 0 N–H and O–H groups in total. The molecule has 3 aliphatic rings. The van der Waals surface area contributed by atoms with E-state index in [0.29, 0.717) is 17.5 Å². The first kappa shape index (κ1) is 28.7. The molecule has 0 fully saturated rings. The highest BCUT2D eigenvalue weighted by atomic mass is 32.1. The van der Waals surface area contributed by atoms with E-state index in [1.807, 2.05) is 47.7 Å². The van der Waals surface area contributed by atoms with Gasteiger partial charge in [-0.2, -0.15) is 0 Å². The van der Waals surface area contributed by atoms with Gasteiger partial charge in [-0.25, -0.2) is 15.0 Å². The Morgan fingerprint density at radius 3 is 2.37 bits per heavy atom. The smallest absolute Gasteiger partial charge is 0.164 e. The van der Waals surface area contributed by atoms with Crippen LogP contribution in [0, 0.1) is 0 Å². The molecule has 8 aromatic rings. The standard InChI is InChI=1S/C45H29N3O2S/c1-2-11-26(12-3-1)43-46-44(32-16-10-19-37-41(32)30-14-4-7-17-35(30)49-37)48-45(47-43)34-24-28(25-38-42(34)31-15-5-8-18-36(31)50-38)27-21-22-40-33(23-27)29-13-6-9-20-39(29)51-40/h1-24,28,37,41H,25H2. The zero-order valence-corrected chi connectivity index (χ0v) is 28.2. The summed E-state index contributed by atoms with van der Waals surface area (Å²) in [5, 5.41) is 3.65. The number of ether oxygens (including phenoxy) is 1. The van der Waals surface area contributed by atoms with Crippen molar-refractivity contribution < 1.29 is 9.15 Å². The first-order valence-electron chi connectivity index (χ1n) is 17.4. The fraction of sp³-hybridized carbons (Fsp3) is 0.0889. The molecule has 1 aliphatic heterocycles. The van der Waals surface area contributed by atoms with Gasteiger partial charge in [0.05, 0.1) is 5.92 Å². The molecule has 3 aromatic heterocycles. The molecule has 0 amide bonds. The summed E-state index contributed by atoms with van der Waals surface area (Å²) >= 11 is 1.84. The van der Waals surface area contributed by atoms with Crippen molar-refractivity contribution in [1.82, 2.24) is 15.0 Å². The van der Waals surface area contributed by atoms with Crippen LogP contribution in [-0.2, 0) is 6.42 Å². The van der Waals surface area contributed by atoms with E-state index in [2.05, 4.69) is 109 Å². The maximum Gasteiger partial charge on any atom is 0.164 e. The average molecular weight is 676 g/mol. The average Bonchev–Trinajstić information content (AvgIpc) is 3.88. The molecule has 4 heterocycles. The van der Waals surface area contributed by atoms with Gasteiger partial charge in [-0.1, -0.05) is 109 Å². The Kier molecular flexibility index (Phi) is 6.31. The van der Waals surface area contributed by atoms with E-state index in [4.69, 9.17) is 24.1 Å². The van der Waals surface area contributed by atoms with Gasteiger partial charge in [0.25, 0.3) is 0 Å². The van der Waals surface area contributed by atoms with Gasteiger partial charge < -0.3 is 9.15 Å². The fourth-order valence-corrected chi connectivity index (χ4v) is 9.20. The number of thiophene rings is 1. The molecule has 242 valence electrons. The SMILES string of the molecule is C1=CC2Oc3ccccc3C2C(c2nc(C3=CC(c4ccc5sc6ccccc6c5c4)Cc4oc5ccccc5c43)nc(-c3ccccc3)n2)=C1. The first-order valence-corrected chi connectivity index (χ1v) is 18.2. The molecule has 0 radical (unpaired) electrons. The van der Waals surface area contributed by atoms with E-state index in [-0.39, 0.29) is 17.9 Å². The Labute approximate surface area is 297 Å². The number of nitrogens with zero attached hydrogens (tertiary/aromatic N) is 3. The van der Waals surface area contributed by atoms with E-state index >= 15 is 0 Å². The molecule has 5 aromatic carbocycles. The van der Waals surface area contributed by atoms with Crippen LogP contribution in [0.4, 0.5) is 0 Å². The number of hydrogen-bond donors (Lipinski definition) is 0. The zero-order valence-electron chi connectivity index (χ0n) is 27.4. The summed E-state index contributed by atoms with van der Waals surface area (Å²) in [4.78, 5) is 15.8. The van der Waals surface area contributed by atoms with Gasteiger partial charge in [0.15, 0.2) is 17.5 Å². The maximum absolute atomic E-state index is 6.65. The molecule has 6 heteroatoms. The first-order chi connectivity index (χ1) is 25.2. The van der Waals surface area contributed by atoms with Gasteiger partial charge in [-0.3, -0.25) is 0 Å². The van der Waals surface area contributed by atoms with Gasteiger partial charge in [-0.05, 0) is 42.0 Å². The van der Waals surface area contributed by atoms with Crippen LogP contribution in [0.25, 0.3) is 53.7 Å². The van der Waals surface area contributed by atoms with Crippen LogP contribution in [0.3, 0.4) is 0 Å². The fourth-order valence-electron chi connectivity index (χ4n) is 8.11. The van der Waals surface area contributed by atoms with Crippen LogP contribution in [0.2, 0.25) is 0 Å². The third-order valence-electron chi connectivity index (χ3n) is 10.5. The molecule has 11 rings (SSSR count). The molecule has 0 saturated carbocycles. The molecule has 5 nitrogen and oxygen atoms in total. The summed E-state index contributed by atoms with van der Waals surface area (Å²) in [6.07, 6.45) is 9.32. The van der Waals surface area contributed by atoms with Crippen molar-refractivity contribution in [2.24, 2.45) is 0 Å². The molecule has 0 saturated heterocycles. The molecular weight excluding hydrogens is 647 g/mol. The van der Waals surface area contributed by atoms with Crippen molar-refractivity contribution in [2.45, 2.75) is 24.4 Å². The Hall–Kier alpha value is -6.11. The summed E-state index contributed by atoms with van der Waals surface area (Å²) in [6, 6.07) is 42.4. The van der Waals surface area contributed by atoms with E-state index in [0.717, 1.165) is 56.7 Å². The molecule has 2 aliphatic carbocycles. The van der Waals surface area contributed by atoms with Crippen molar-refractivity contribution in [3.63, 3.8) is 0 Å². The van der Waals surface area contributed by atoms with Gasteiger partial charge in [0.1, 0.15) is 23.2 Å². The lowest BCUT2D eigenvalue weighted by Gasteiger charge is -2.24. The van der Waals surface area contributed by atoms with Gasteiger partial charge in [0, 0.05) is 65.7 Å². The number of hydrogen-bond acceptors (Lipinski definition) is 6. The van der Waals surface area contributed by atoms with E-state index < -0.39 is 0 Å². The summed E-state index contributed by atoms with van der Waals surface area (Å²) in [6.45, 7) is 0. The van der Waals surface area contributed by atoms with Crippen molar-refractivity contribution in [2.75, 3.05) is 0 Å². The Morgan fingerprint density at radius 1 is 0.667 bits per heavy atom. The lowest BCUT2D eigenvalue weighted by molar-refractivity contribution is 0.271. The van der Waals surface area contributed by atoms with Gasteiger partial charge in [0.2, 0.25) is 0 Å². The largest absolute Gasteiger partial charge is 0.485 e. The molecular formula is C45H29N3O2S. The summed E-state index contributed by atoms with van der Waals surface area (Å²) in [5.74, 6) is 3.84. The van der Waals surface area contributed by atoms with E-state index in [1.54, 1.807) is 0 Å². The lowest BCUT2D eigenvalue weighted by Crippen LogP contribution is -2.21. The second-order valence-electron chi connectivity index (χ2n) is 13.4. The lowest BCUT2D eigenvalue weighted by atomic mass is 9.83. The number of fused-ring (bicyclic) bond motifs is 9. The second kappa shape index (κ2) is 11.2. The highest BCUT2D eigenvalue weighted by Crippen LogP contribution is 2.48. The summed E-state index contributed by atoms with van der Waals surface area (Å²) < 4.78 is 15.6. The van der Waals surface area contributed by atoms with Crippen LogP contribution in [0.1, 0.15) is 45.9 Å². The Morgan fingerprint density at radius 2 is 1.43 bits per heavy atom. The second-order valence-corrected chi connectivity index (χ2v) is 14.5. The monoisotopic (exact) mass is 675 g/mol. The van der Waals surface area contributed by atoms with Crippen molar-refractivity contribution >= 4 is 53.6 Å². The number of para-hydroxylation sites is 2. The zero-order chi connectivity index (χ0) is 33.5. The molecule has 3 unspecified atom stereocenters. The maximum atomic E-state index is 6.65. The topological polar surface area (TPSA) is 61.0 Å². The number of rotatable bonds is 4. The van der Waals surface area contributed by atoms with Crippen LogP contribution in [0.5, 0.6) is 5.75 Å². The van der Waals surface area contributed by atoms with Crippen LogP contribution >= 0.6 is 11.3 Å². The van der Waals surface area contributed by atoms with Crippen molar-refractivity contribution in [3.8, 4) is 17.1 Å². The van der Waals surface area contributed by atoms with Crippen LogP contribution < -0.4 is 4.74 Å². The third-order valence-corrected chi connectivity index (χ3v) is 11.6. The van der Waals surface area contributed by atoms with Crippen molar-refractivity contribution in [1.29, 1.82) is 0 Å². The summed E-state index contributed by atoms with van der Waals surface area (Å²) in [5.41, 5.74) is 7.25. The minimum absolute atomic E-state index is 0.0179. The quantitative estimate of drug-likeness (QED) is 0.186. The third kappa shape index (κ3) is 4.56.